The number of carbonyl (C=O) groups excluding carboxylic acids is 1. The third kappa shape index (κ3) is 3.68. The van der Waals surface area contributed by atoms with Gasteiger partial charge in [-0.1, -0.05) is 36.4 Å². The number of nitrogens with one attached hydrogen (secondary N) is 1. The smallest absolute Gasteiger partial charge is 0.271 e. The van der Waals surface area contributed by atoms with Crippen molar-refractivity contribution in [2.24, 2.45) is 0 Å². The van der Waals surface area contributed by atoms with Gasteiger partial charge in [0.1, 0.15) is 0 Å². The lowest BCUT2D eigenvalue weighted by molar-refractivity contribution is 0.0945. The summed E-state index contributed by atoms with van der Waals surface area (Å²) in [6.07, 6.45) is 1.45. The van der Waals surface area contributed by atoms with Gasteiger partial charge in [0.05, 0.1) is 11.2 Å². The molecule has 0 spiro atoms. The van der Waals surface area contributed by atoms with Crippen LogP contribution in [0.4, 0.5) is 0 Å². The van der Waals surface area contributed by atoms with Gasteiger partial charge in [-0.3, -0.25) is 4.79 Å². The van der Waals surface area contributed by atoms with Gasteiger partial charge in [-0.2, -0.15) is 0 Å². The molecule has 6 nitrogen and oxygen atoms in total. The van der Waals surface area contributed by atoms with Crippen LogP contribution in [0.5, 0.6) is 11.5 Å². The molecule has 0 radical (unpaired) electrons. The van der Waals surface area contributed by atoms with E-state index in [1.54, 1.807) is 0 Å². The minimum absolute atomic E-state index is 0.179. The Hall–Kier alpha value is -1.99. The fourth-order valence-corrected chi connectivity index (χ4v) is 2.74. The highest BCUT2D eigenvalue weighted by Gasteiger charge is 2.16. The average molecular weight is 352 g/mol. The van der Waals surface area contributed by atoms with Crippen LogP contribution in [0, 0.1) is 0 Å². The summed E-state index contributed by atoms with van der Waals surface area (Å²) in [6.45, 7) is 2.55. The zero-order valence-corrected chi connectivity index (χ0v) is 13.9. The number of rotatable bonds is 5. The molecule has 1 amide bonds. The fourth-order valence-electron chi connectivity index (χ4n) is 2.03. The molecule has 1 aromatic carbocycles. The van der Waals surface area contributed by atoms with Crippen LogP contribution in [0.1, 0.15) is 23.0 Å². The fraction of sp³-hybridized carbons (Fsp3) is 0.267. The first-order chi connectivity index (χ1) is 11.2. The van der Waals surface area contributed by atoms with Crippen molar-refractivity contribution in [3.05, 3.63) is 40.7 Å². The van der Waals surface area contributed by atoms with Crippen molar-refractivity contribution >= 4 is 29.3 Å². The third-order valence-corrected chi connectivity index (χ3v) is 4.12. The van der Waals surface area contributed by atoms with Crippen molar-refractivity contribution in [1.82, 2.24) is 15.3 Å². The van der Waals surface area contributed by atoms with Crippen LogP contribution in [0.2, 0.25) is 5.02 Å². The third-order valence-electron chi connectivity index (χ3n) is 3.10. The largest absolute Gasteiger partial charge is 0.454 e. The van der Waals surface area contributed by atoms with E-state index in [-0.39, 0.29) is 23.4 Å². The summed E-state index contributed by atoms with van der Waals surface area (Å²) in [7, 11) is 0. The number of hydrogen-bond acceptors (Lipinski definition) is 6. The molecule has 0 atom stereocenters. The standard InChI is InChI=1S/C15H14ClN3O3S/c1-2-23-15-18-7-10(16)13(19-15)14(20)17-6-9-3-4-11-12(5-9)22-8-21-11/h3-5,7H,2,6,8H2,1H3,(H,17,20). The van der Waals surface area contributed by atoms with E-state index in [0.29, 0.717) is 23.2 Å². The molecular weight excluding hydrogens is 338 g/mol. The molecule has 8 heteroatoms. The number of nitrogens with zero attached hydrogens (tertiary/aromatic N) is 2. The van der Waals surface area contributed by atoms with Gasteiger partial charge in [0.15, 0.2) is 22.3 Å². The number of halogens is 1. The maximum absolute atomic E-state index is 12.3. The highest BCUT2D eigenvalue weighted by Crippen LogP contribution is 2.32. The highest BCUT2D eigenvalue weighted by molar-refractivity contribution is 7.99. The number of hydrogen-bond donors (Lipinski definition) is 1. The SMILES string of the molecule is CCSc1ncc(Cl)c(C(=O)NCc2ccc3c(c2)OCO3)n1. The van der Waals surface area contributed by atoms with Crippen molar-refractivity contribution in [2.45, 2.75) is 18.6 Å². The van der Waals surface area contributed by atoms with Gasteiger partial charge in [-0.15, -0.1) is 0 Å². The topological polar surface area (TPSA) is 73.3 Å². The molecule has 2 aromatic rings. The Morgan fingerprint density at radius 3 is 3.04 bits per heavy atom. The van der Waals surface area contributed by atoms with Gasteiger partial charge in [0.2, 0.25) is 6.79 Å². The summed E-state index contributed by atoms with van der Waals surface area (Å²) >= 11 is 7.47. The van der Waals surface area contributed by atoms with Crippen LogP contribution in [0.15, 0.2) is 29.6 Å². The van der Waals surface area contributed by atoms with Gasteiger partial charge in [0.25, 0.3) is 5.91 Å². The van der Waals surface area contributed by atoms with Gasteiger partial charge in [0, 0.05) is 6.54 Å². The Morgan fingerprint density at radius 2 is 2.22 bits per heavy atom. The summed E-state index contributed by atoms with van der Waals surface area (Å²) in [5.41, 5.74) is 1.08. The maximum atomic E-state index is 12.3. The number of carbonyl (C=O) groups is 1. The zero-order valence-electron chi connectivity index (χ0n) is 12.3. The second-order valence-corrected chi connectivity index (χ2v) is 6.29. The van der Waals surface area contributed by atoms with E-state index >= 15 is 0 Å². The van der Waals surface area contributed by atoms with Crippen molar-refractivity contribution in [1.29, 1.82) is 0 Å². The first-order valence-corrected chi connectivity index (χ1v) is 8.36. The Balaban J connectivity index is 1.68. The summed E-state index contributed by atoms with van der Waals surface area (Å²) in [4.78, 5) is 20.6. The predicted molar refractivity (Wildman–Crippen MR) is 87.2 cm³/mol. The Bertz CT molecular complexity index is 742. The van der Waals surface area contributed by atoms with Crippen LogP contribution in [-0.2, 0) is 6.54 Å². The number of aromatic nitrogens is 2. The molecular formula is C15H14ClN3O3S. The van der Waals surface area contributed by atoms with Gasteiger partial charge >= 0.3 is 0 Å². The Labute approximate surface area is 142 Å². The van der Waals surface area contributed by atoms with Crippen LogP contribution >= 0.6 is 23.4 Å². The van der Waals surface area contributed by atoms with E-state index in [1.807, 2.05) is 25.1 Å². The van der Waals surface area contributed by atoms with Crippen LogP contribution in [-0.4, -0.2) is 28.4 Å². The lowest BCUT2D eigenvalue weighted by atomic mass is 10.2. The quantitative estimate of drug-likeness (QED) is 0.659. The minimum atomic E-state index is -0.340. The highest BCUT2D eigenvalue weighted by atomic mass is 35.5. The molecule has 0 bridgehead atoms. The molecule has 0 saturated heterocycles. The number of thioether (sulfide) groups is 1. The van der Waals surface area contributed by atoms with Gasteiger partial charge in [-0.25, -0.2) is 9.97 Å². The molecule has 0 fully saturated rings. The number of benzene rings is 1. The number of fused-ring (bicyclic) bond motifs is 1. The van der Waals surface area contributed by atoms with E-state index in [2.05, 4.69) is 15.3 Å². The molecule has 0 unspecified atom stereocenters. The van der Waals surface area contributed by atoms with Crippen LogP contribution in [0.3, 0.4) is 0 Å². The van der Waals surface area contributed by atoms with Crippen LogP contribution in [0.25, 0.3) is 0 Å². The summed E-state index contributed by atoms with van der Waals surface area (Å²) in [5.74, 6) is 1.87. The van der Waals surface area contributed by atoms with Crippen molar-refractivity contribution in [3.8, 4) is 11.5 Å². The number of ether oxygens (including phenoxy) is 2. The Kier molecular flexibility index (Phi) is 4.88. The first-order valence-electron chi connectivity index (χ1n) is 6.99. The summed E-state index contributed by atoms with van der Waals surface area (Å²) in [6, 6.07) is 5.52. The van der Waals surface area contributed by atoms with E-state index in [4.69, 9.17) is 21.1 Å². The second-order valence-electron chi connectivity index (χ2n) is 4.65. The van der Waals surface area contributed by atoms with Crippen molar-refractivity contribution < 1.29 is 14.3 Å². The minimum Gasteiger partial charge on any atom is -0.454 e. The molecule has 1 aliphatic rings. The van der Waals surface area contributed by atoms with E-state index in [9.17, 15) is 4.79 Å². The van der Waals surface area contributed by atoms with E-state index < -0.39 is 0 Å². The summed E-state index contributed by atoms with van der Waals surface area (Å²) in [5, 5.41) is 3.56. The van der Waals surface area contributed by atoms with Crippen LogP contribution < -0.4 is 14.8 Å². The predicted octanol–water partition coefficient (Wildman–Crippen LogP) is 2.90. The molecule has 1 aliphatic heterocycles. The first kappa shape index (κ1) is 15.9. The molecule has 0 aliphatic carbocycles. The lowest BCUT2D eigenvalue weighted by Crippen LogP contribution is -2.24. The molecule has 0 saturated carbocycles. The van der Waals surface area contributed by atoms with Crippen molar-refractivity contribution in [2.75, 3.05) is 12.5 Å². The molecule has 2 heterocycles. The Morgan fingerprint density at radius 1 is 1.39 bits per heavy atom. The molecule has 1 N–H and O–H groups in total. The lowest BCUT2D eigenvalue weighted by Gasteiger charge is -2.08. The molecule has 3 rings (SSSR count). The zero-order chi connectivity index (χ0) is 16.2. The van der Waals surface area contributed by atoms with E-state index in [1.165, 1.54) is 18.0 Å². The van der Waals surface area contributed by atoms with Gasteiger partial charge < -0.3 is 14.8 Å². The molecule has 120 valence electrons. The number of amides is 1. The summed E-state index contributed by atoms with van der Waals surface area (Å²) < 4.78 is 10.6. The van der Waals surface area contributed by atoms with Crippen molar-refractivity contribution in [3.63, 3.8) is 0 Å². The second kappa shape index (κ2) is 7.06. The average Bonchev–Trinajstić information content (AvgIpc) is 3.02. The monoisotopic (exact) mass is 351 g/mol. The van der Waals surface area contributed by atoms with Gasteiger partial charge in [-0.05, 0) is 23.4 Å². The molecule has 23 heavy (non-hydrogen) atoms. The van der Waals surface area contributed by atoms with E-state index in [0.717, 1.165) is 11.3 Å². The maximum Gasteiger partial charge on any atom is 0.271 e. The normalized spacial score (nSPS) is 12.3. The molecule has 1 aromatic heterocycles.